The molecule has 3 aromatic rings. The van der Waals surface area contributed by atoms with Crippen molar-refractivity contribution < 1.29 is 23.8 Å². The lowest BCUT2D eigenvalue weighted by atomic mass is 10.1. The van der Waals surface area contributed by atoms with Crippen LogP contribution in [0.4, 0.5) is 0 Å². The van der Waals surface area contributed by atoms with Crippen molar-refractivity contribution >= 4 is 11.8 Å². The number of carbonyl (C=O) groups is 2. The van der Waals surface area contributed by atoms with Crippen LogP contribution in [0.15, 0.2) is 48.5 Å². The van der Waals surface area contributed by atoms with E-state index >= 15 is 0 Å². The molecule has 1 aromatic heterocycles. The molecule has 178 valence electrons. The van der Waals surface area contributed by atoms with E-state index in [0.29, 0.717) is 54.8 Å². The van der Waals surface area contributed by atoms with Gasteiger partial charge < -0.3 is 24.0 Å². The largest absolute Gasteiger partial charge is 0.497 e. The number of ether oxygens (including phenoxy) is 3. The highest BCUT2D eigenvalue weighted by molar-refractivity contribution is 5.95. The lowest BCUT2D eigenvalue weighted by Crippen LogP contribution is -2.50. The van der Waals surface area contributed by atoms with Gasteiger partial charge in [0.25, 0.3) is 5.91 Å². The van der Waals surface area contributed by atoms with Crippen molar-refractivity contribution in [2.45, 2.75) is 6.92 Å². The molecule has 9 nitrogen and oxygen atoms in total. The molecule has 0 bridgehead atoms. The number of carbonyl (C=O) groups excluding carboxylic acids is 2. The summed E-state index contributed by atoms with van der Waals surface area (Å²) in [6.45, 7) is 3.50. The average Bonchev–Trinajstić information content (AvgIpc) is 3.33. The molecule has 2 amide bonds. The number of hydrogen-bond donors (Lipinski definition) is 0. The lowest BCUT2D eigenvalue weighted by Gasteiger charge is -2.34. The molecule has 1 aliphatic rings. The fourth-order valence-corrected chi connectivity index (χ4v) is 3.98. The van der Waals surface area contributed by atoms with E-state index in [2.05, 4.69) is 0 Å². The monoisotopic (exact) mass is 464 g/mol. The topological polar surface area (TPSA) is 86.1 Å². The smallest absolute Gasteiger partial charge is 0.272 e. The second kappa shape index (κ2) is 9.86. The minimum atomic E-state index is -0.148. The number of nitrogens with zero attached hydrogens (tertiary/aromatic N) is 4. The molecule has 4 rings (SSSR count). The fourth-order valence-electron chi connectivity index (χ4n) is 3.98. The third-order valence-corrected chi connectivity index (χ3v) is 5.94. The van der Waals surface area contributed by atoms with Gasteiger partial charge >= 0.3 is 0 Å². The predicted molar refractivity (Wildman–Crippen MR) is 127 cm³/mol. The maximum absolute atomic E-state index is 13.6. The Morgan fingerprint density at radius 2 is 1.41 bits per heavy atom. The number of amides is 2. The molecule has 1 aliphatic heterocycles. The van der Waals surface area contributed by atoms with Gasteiger partial charge in [-0.3, -0.25) is 9.59 Å². The molecule has 1 saturated heterocycles. The molecule has 9 heteroatoms. The van der Waals surface area contributed by atoms with Crippen LogP contribution in [0.3, 0.4) is 0 Å². The second-order valence-electron chi connectivity index (χ2n) is 7.89. The highest BCUT2D eigenvalue weighted by Crippen LogP contribution is 2.34. The van der Waals surface area contributed by atoms with Crippen molar-refractivity contribution in [1.82, 2.24) is 19.6 Å². The van der Waals surface area contributed by atoms with Gasteiger partial charge in [-0.15, -0.1) is 0 Å². The number of hydrogen-bond acceptors (Lipinski definition) is 6. The Labute approximate surface area is 198 Å². The van der Waals surface area contributed by atoms with Crippen LogP contribution >= 0.6 is 0 Å². The van der Waals surface area contributed by atoms with Gasteiger partial charge in [-0.25, -0.2) is 4.68 Å². The molecule has 0 atom stereocenters. The predicted octanol–water partition coefficient (Wildman–Crippen LogP) is 2.87. The van der Waals surface area contributed by atoms with Gasteiger partial charge in [-0.1, -0.05) is 0 Å². The van der Waals surface area contributed by atoms with E-state index in [1.807, 2.05) is 36.4 Å². The summed E-state index contributed by atoms with van der Waals surface area (Å²) in [4.78, 5) is 28.8. The molecule has 0 unspecified atom stereocenters. The molecule has 0 aliphatic carbocycles. The number of benzene rings is 2. The molecule has 0 spiro atoms. The van der Waals surface area contributed by atoms with E-state index in [9.17, 15) is 9.59 Å². The van der Waals surface area contributed by atoms with Crippen LogP contribution in [0, 0.1) is 0 Å². The van der Waals surface area contributed by atoms with Gasteiger partial charge in [0.05, 0.1) is 32.7 Å². The summed E-state index contributed by atoms with van der Waals surface area (Å²) >= 11 is 0. The van der Waals surface area contributed by atoms with Crippen molar-refractivity contribution in [2.24, 2.45) is 0 Å². The van der Waals surface area contributed by atoms with Crippen LogP contribution in [0.25, 0.3) is 16.9 Å². The van der Waals surface area contributed by atoms with Crippen LogP contribution in [-0.4, -0.2) is 78.9 Å². The average molecular weight is 465 g/mol. The Morgan fingerprint density at radius 1 is 0.794 bits per heavy atom. The van der Waals surface area contributed by atoms with Gasteiger partial charge in [-0.2, -0.15) is 5.10 Å². The molecule has 0 N–H and O–H groups in total. The summed E-state index contributed by atoms with van der Waals surface area (Å²) in [6.07, 6.45) is 0. The number of rotatable bonds is 6. The first-order chi connectivity index (χ1) is 16.4. The van der Waals surface area contributed by atoms with Crippen molar-refractivity contribution in [2.75, 3.05) is 47.5 Å². The Kier molecular flexibility index (Phi) is 6.72. The molecule has 2 heterocycles. The zero-order valence-corrected chi connectivity index (χ0v) is 19.8. The van der Waals surface area contributed by atoms with Crippen LogP contribution in [0.5, 0.6) is 17.2 Å². The first-order valence-corrected chi connectivity index (χ1v) is 11.0. The summed E-state index contributed by atoms with van der Waals surface area (Å²) in [5, 5.41) is 4.77. The molecular formula is C25H28N4O5. The second-order valence-corrected chi connectivity index (χ2v) is 7.89. The highest BCUT2D eigenvalue weighted by atomic mass is 16.5. The first kappa shape index (κ1) is 23.2. The summed E-state index contributed by atoms with van der Waals surface area (Å²) in [5.74, 6) is 1.83. The molecular weight excluding hydrogens is 436 g/mol. The maximum Gasteiger partial charge on any atom is 0.272 e. The van der Waals surface area contributed by atoms with Crippen LogP contribution in [0.1, 0.15) is 17.4 Å². The van der Waals surface area contributed by atoms with E-state index in [0.717, 1.165) is 11.3 Å². The standard InChI is InChI=1S/C25H28N4O5/c1-17(30)27-11-13-28(14-12-27)25(31)23-16-22(21-10-9-20(33-3)15-24(21)34-4)26-29(23)18-5-7-19(32-2)8-6-18/h5-10,15-16H,11-14H2,1-4H3. The fraction of sp³-hybridized carbons (Fsp3) is 0.320. The summed E-state index contributed by atoms with van der Waals surface area (Å²) < 4.78 is 17.8. The van der Waals surface area contributed by atoms with Gasteiger partial charge in [0.1, 0.15) is 22.9 Å². The van der Waals surface area contributed by atoms with E-state index in [1.54, 1.807) is 54.9 Å². The van der Waals surface area contributed by atoms with Gasteiger partial charge in [0.2, 0.25) is 5.91 Å². The zero-order chi connectivity index (χ0) is 24.2. The molecule has 0 radical (unpaired) electrons. The minimum Gasteiger partial charge on any atom is -0.497 e. The SMILES string of the molecule is COc1ccc(-n2nc(-c3ccc(OC)cc3OC)cc2C(=O)N2CCN(C(C)=O)CC2)cc1. The first-order valence-electron chi connectivity index (χ1n) is 11.0. The Balaban J connectivity index is 1.74. The summed E-state index contributed by atoms with van der Waals surface area (Å²) in [6, 6.07) is 14.6. The van der Waals surface area contributed by atoms with E-state index in [4.69, 9.17) is 19.3 Å². The quantitative estimate of drug-likeness (QED) is 0.558. The van der Waals surface area contributed by atoms with Crippen molar-refractivity contribution in [1.29, 1.82) is 0 Å². The third kappa shape index (κ3) is 4.54. The van der Waals surface area contributed by atoms with Crippen molar-refractivity contribution in [3.05, 3.63) is 54.2 Å². The van der Waals surface area contributed by atoms with Gasteiger partial charge in [0, 0.05) is 44.7 Å². The molecule has 34 heavy (non-hydrogen) atoms. The van der Waals surface area contributed by atoms with Crippen LogP contribution < -0.4 is 14.2 Å². The van der Waals surface area contributed by atoms with E-state index < -0.39 is 0 Å². The third-order valence-electron chi connectivity index (χ3n) is 5.94. The molecule has 0 saturated carbocycles. The number of methoxy groups -OCH3 is 3. The highest BCUT2D eigenvalue weighted by Gasteiger charge is 2.27. The normalized spacial score (nSPS) is 13.5. The number of piperazine rings is 1. The van der Waals surface area contributed by atoms with E-state index in [-0.39, 0.29) is 11.8 Å². The molecule has 2 aromatic carbocycles. The minimum absolute atomic E-state index is 0.0178. The number of aromatic nitrogens is 2. The van der Waals surface area contributed by atoms with Crippen LogP contribution in [0.2, 0.25) is 0 Å². The molecule has 1 fully saturated rings. The zero-order valence-electron chi connectivity index (χ0n) is 19.8. The summed E-state index contributed by atoms with van der Waals surface area (Å²) in [5.41, 5.74) is 2.49. The Hall–Kier alpha value is -4.01. The van der Waals surface area contributed by atoms with Crippen LogP contribution in [-0.2, 0) is 4.79 Å². The van der Waals surface area contributed by atoms with Gasteiger partial charge in [-0.05, 0) is 42.5 Å². The van der Waals surface area contributed by atoms with Crippen molar-refractivity contribution in [3.8, 4) is 34.2 Å². The maximum atomic E-state index is 13.6. The lowest BCUT2D eigenvalue weighted by molar-refractivity contribution is -0.130. The van der Waals surface area contributed by atoms with Crippen molar-refractivity contribution in [3.63, 3.8) is 0 Å². The van der Waals surface area contributed by atoms with Gasteiger partial charge in [0.15, 0.2) is 0 Å². The summed E-state index contributed by atoms with van der Waals surface area (Å²) in [7, 11) is 4.78. The van der Waals surface area contributed by atoms with E-state index in [1.165, 1.54) is 0 Å². The Bertz CT molecular complexity index is 1180. The Morgan fingerprint density at radius 3 is 2.00 bits per heavy atom.